The molecular formula is C33H44N4O2. The number of rotatable bonds is 7. The van der Waals surface area contributed by atoms with E-state index in [0.29, 0.717) is 0 Å². The van der Waals surface area contributed by atoms with Crippen molar-refractivity contribution in [3.63, 3.8) is 0 Å². The minimum atomic E-state index is 0.0254. The summed E-state index contributed by atoms with van der Waals surface area (Å²) in [6.45, 7) is 12.1. The number of piperazine rings is 1. The van der Waals surface area contributed by atoms with Crippen LogP contribution in [-0.2, 0) is 12.8 Å². The summed E-state index contributed by atoms with van der Waals surface area (Å²) in [4.78, 5) is 23.5. The van der Waals surface area contributed by atoms with Crippen molar-refractivity contribution < 1.29 is 4.74 Å². The van der Waals surface area contributed by atoms with E-state index < -0.39 is 0 Å². The summed E-state index contributed by atoms with van der Waals surface area (Å²) in [6, 6.07) is 15.7. The van der Waals surface area contributed by atoms with Crippen LogP contribution in [0.25, 0.3) is 10.9 Å². The number of benzene rings is 2. The van der Waals surface area contributed by atoms with Crippen molar-refractivity contribution in [1.82, 2.24) is 19.7 Å². The molecule has 3 aliphatic rings. The highest BCUT2D eigenvalue weighted by Crippen LogP contribution is 2.35. The lowest BCUT2D eigenvalue weighted by Crippen LogP contribution is -2.49. The molecule has 6 rings (SSSR count). The Balaban J connectivity index is 1.24. The molecule has 0 spiro atoms. The van der Waals surface area contributed by atoms with Crippen LogP contribution in [0.1, 0.15) is 67.3 Å². The lowest BCUT2D eigenvalue weighted by molar-refractivity contribution is 0.0995. The second-order valence-corrected chi connectivity index (χ2v) is 11.7. The largest absolute Gasteiger partial charge is 0.493 e. The Hall–Kier alpha value is -2.67. The number of nitrogens with one attached hydrogen (secondary N) is 1. The van der Waals surface area contributed by atoms with Gasteiger partial charge in [0.1, 0.15) is 5.75 Å². The van der Waals surface area contributed by atoms with Crippen molar-refractivity contribution in [3.8, 4) is 5.75 Å². The van der Waals surface area contributed by atoms with Gasteiger partial charge in [-0.3, -0.25) is 14.6 Å². The molecule has 3 aromatic rings. The first-order chi connectivity index (χ1) is 19.2. The number of nitrogens with zero attached hydrogens (tertiary/aromatic N) is 3. The Morgan fingerprint density at radius 2 is 1.54 bits per heavy atom. The third kappa shape index (κ3) is 6.08. The molecule has 0 radical (unpaired) electrons. The number of aryl methyl sites for hydroxylation is 2. The number of hydrogen-bond donors (Lipinski definition) is 1. The molecule has 1 unspecified atom stereocenters. The third-order valence-corrected chi connectivity index (χ3v) is 9.10. The third-order valence-electron chi connectivity index (χ3n) is 9.10. The predicted octanol–water partition coefficient (Wildman–Crippen LogP) is 5.00. The van der Waals surface area contributed by atoms with E-state index in [1.165, 1.54) is 68.6 Å². The average Bonchev–Trinajstić information content (AvgIpc) is 3.25. The second-order valence-electron chi connectivity index (χ2n) is 11.7. The van der Waals surface area contributed by atoms with Crippen molar-refractivity contribution in [3.05, 3.63) is 75.1 Å². The molecule has 1 aromatic heterocycles. The van der Waals surface area contributed by atoms with Crippen LogP contribution >= 0.6 is 0 Å². The van der Waals surface area contributed by atoms with Crippen LogP contribution in [0.2, 0.25) is 0 Å². The van der Waals surface area contributed by atoms with Gasteiger partial charge in [-0.2, -0.15) is 0 Å². The standard InChI is InChI=1S/C33H44N4O2/c1-2-25-22-29-23-27(11-12-30(29)34-33(25)38)32(28-10-9-26-8-7-21-39-31(26)24-28)37-19-17-36(18-20-37)16-15-35-13-5-3-4-6-14-35/h9-12,22-24,32H,2-8,13-21H2,1H3,(H,34,38). The van der Waals surface area contributed by atoms with Crippen LogP contribution in [0, 0.1) is 0 Å². The lowest BCUT2D eigenvalue weighted by atomic mass is 9.92. The fourth-order valence-corrected chi connectivity index (χ4v) is 6.73. The molecule has 2 aromatic carbocycles. The monoisotopic (exact) mass is 528 g/mol. The number of likely N-dealkylation sites (tertiary alicyclic amines) is 1. The van der Waals surface area contributed by atoms with E-state index >= 15 is 0 Å². The number of hydrogen-bond acceptors (Lipinski definition) is 5. The first-order valence-electron chi connectivity index (χ1n) is 15.3. The van der Waals surface area contributed by atoms with Gasteiger partial charge in [-0.25, -0.2) is 0 Å². The molecule has 0 amide bonds. The molecule has 0 saturated carbocycles. The maximum Gasteiger partial charge on any atom is 0.251 e. The van der Waals surface area contributed by atoms with Gasteiger partial charge in [-0.15, -0.1) is 0 Å². The van der Waals surface area contributed by atoms with Crippen molar-refractivity contribution in [2.45, 2.75) is 57.9 Å². The molecule has 6 nitrogen and oxygen atoms in total. The van der Waals surface area contributed by atoms with Crippen LogP contribution in [0.4, 0.5) is 0 Å². The fraction of sp³-hybridized carbons (Fsp3) is 0.545. The molecule has 4 heterocycles. The average molecular weight is 529 g/mol. The van der Waals surface area contributed by atoms with Crippen LogP contribution < -0.4 is 10.3 Å². The highest BCUT2D eigenvalue weighted by atomic mass is 16.5. The van der Waals surface area contributed by atoms with Gasteiger partial charge in [-0.1, -0.05) is 38.0 Å². The normalized spacial score (nSPS) is 20.3. The minimum absolute atomic E-state index is 0.0254. The van der Waals surface area contributed by atoms with E-state index in [1.807, 2.05) is 6.92 Å². The first kappa shape index (κ1) is 26.5. The molecule has 1 N–H and O–H groups in total. The van der Waals surface area contributed by atoms with E-state index in [2.05, 4.69) is 62.1 Å². The van der Waals surface area contributed by atoms with Gasteiger partial charge in [0, 0.05) is 50.3 Å². The molecular weight excluding hydrogens is 484 g/mol. The molecule has 1 atom stereocenters. The topological polar surface area (TPSA) is 51.8 Å². The van der Waals surface area contributed by atoms with Crippen molar-refractivity contribution in [1.29, 1.82) is 0 Å². The fourth-order valence-electron chi connectivity index (χ4n) is 6.73. The van der Waals surface area contributed by atoms with E-state index in [0.717, 1.165) is 74.3 Å². The quantitative estimate of drug-likeness (QED) is 0.468. The van der Waals surface area contributed by atoms with Gasteiger partial charge in [-0.05, 0) is 91.5 Å². The van der Waals surface area contributed by atoms with Crippen molar-refractivity contribution in [2.75, 3.05) is 59.0 Å². The Bertz CT molecular complexity index is 1320. The minimum Gasteiger partial charge on any atom is -0.493 e. The maximum absolute atomic E-state index is 12.4. The highest BCUT2D eigenvalue weighted by Gasteiger charge is 2.28. The molecule has 6 heteroatoms. The van der Waals surface area contributed by atoms with E-state index in [4.69, 9.17) is 4.74 Å². The first-order valence-corrected chi connectivity index (χ1v) is 15.3. The maximum atomic E-state index is 12.4. The van der Waals surface area contributed by atoms with E-state index in [-0.39, 0.29) is 11.6 Å². The number of H-pyrrole nitrogens is 1. The van der Waals surface area contributed by atoms with Crippen molar-refractivity contribution in [2.24, 2.45) is 0 Å². The van der Waals surface area contributed by atoms with Gasteiger partial charge in [0.05, 0.1) is 12.6 Å². The molecule has 2 saturated heterocycles. The molecule has 39 heavy (non-hydrogen) atoms. The Morgan fingerprint density at radius 1 is 0.821 bits per heavy atom. The predicted molar refractivity (Wildman–Crippen MR) is 159 cm³/mol. The van der Waals surface area contributed by atoms with Crippen LogP contribution in [0.15, 0.2) is 47.3 Å². The van der Waals surface area contributed by atoms with Gasteiger partial charge < -0.3 is 14.6 Å². The Kier molecular flexibility index (Phi) is 8.33. The summed E-state index contributed by atoms with van der Waals surface area (Å²) in [5.74, 6) is 1.05. The smallest absolute Gasteiger partial charge is 0.251 e. The zero-order valence-corrected chi connectivity index (χ0v) is 23.6. The molecule has 0 aliphatic carbocycles. The van der Waals surface area contributed by atoms with Crippen LogP contribution in [0.3, 0.4) is 0 Å². The summed E-state index contributed by atoms with van der Waals surface area (Å²) < 4.78 is 6.10. The summed E-state index contributed by atoms with van der Waals surface area (Å²) >= 11 is 0. The summed E-state index contributed by atoms with van der Waals surface area (Å²) in [7, 11) is 0. The van der Waals surface area contributed by atoms with E-state index in [1.54, 1.807) is 0 Å². The van der Waals surface area contributed by atoms with Crippen LogP contribution in [0.5, 0.6) is 5.75 Å². The Morgan fingerprint density at radius 3 is 2.31 bits per heavy atom. The van der Waals surface area contributed by atoms with Gasteiger partial charge in [0.25, 0.3) is 5.56 Å². The summed E-state index contributed by atoms with van der Waals surface area (Å²) in [6.07, 6.45) is 8.44. The molecule has 3 aliphatic heterocycles. The highest BCUT2D eigenvalue weighted by molar-refractivity contribution is 5.80. The van der Waals surface area contributed by atoms with Gasteiger partial charge >= 0.3 is 0 Å². The Labute approximate surface area is 232 Å². The summed E-state index contributed by atoms with van der Waals surface area (Å²) in [5.41, 5.74) is 5.69. The molecule has 208 valence electrons. The summed E-state index contributed by atoms with van der Waals surface area (Å²) in [5, 5.41) is 1.11. The van der Waals surface area contributed by atoms with Crippen molar-refractivity contribution >= 4 is 10.9 Å². The molecule has 2 fully saturated rings. The number of fused-ring (bicyclic) bond motifs is 2. The number of pyridine rings is 1. The number of aromatic nitrogens is 1. The molecule has 0 bridgehead atoms. The lowest BCUT2D eigenvalue weighted by Gasteiger charge is -2.40. The van der Waals surface area contributed by atoms with Gasteiger partial charge in [0.15, 0.2) is 0 Å². The van der Waals surface area contributed by atoms with E-state index in [9.17, 15) is 4.79 Å². The number of ether oxygens (including phenoxy) is 1. The van der Waals surface area contributed by atoms with Crippen LogP contribution in [-0.4, -0.2) is 78.6 Å². The number of aromatic amines is 1. The zero-order chi connectivity index (χ0) is 26.6. The van der Waals surface area contributed by atoms with Gasteiger partial charge in [0.2, 0.25) is 0 Å². The SMILES string of the molecule is CCc1cc2cc(C(c3ccc4c(c3)OCCC4)N3CCN(CCN4CCCCCC4)CC3)ccc2[nH]c1=O. The zero-order valence-electron chi connectivity index (χ0n) is 23.6. The second kappa shape index (κ2) is 12.2.